The zero-order valence-electron chi connectivity index (χ0n) is 19.1. The summed E-state index contributed by atoms with van der Waals surface area (Å²) in [6.45, 7) is 1.88. The van der Waals surface area contributed by atoms with Crippen LogP contribution in [-0.4, -0.2) is 58.5 Å². The van der Waals surface area contributed by atoms with Gasteiger partial charge in [0.2, 0.25) is 5.91 Å². The predicted octanol–water partition coefficient (Wildman–Crippen LogP) is 2.80. The highest BCUT2D eigenvalue weighted by Crippen LogP contribution is 2.35. The molecule has 31 heavy (non-hydrogen) atoms. The van der Waals surface area contributed by atoms with Crippen LogP contribution in [0, 0.1) is 6.92 Å². The molecule has 2 aliphatic carbocycles. The van der Waals surface area contributed by atoms with E-state index in [4.69, 9.17) is 0 Å². The number of amides is 1. The lowest BCUT2D eigenvalue weighted by Gasteiger charge is -2.46. The van der Waals surface area contributed by atoms with Crippen molar-refractivity contribution in [3.63, 3.8) is 0 Å². The largest absolute Gasteiger partial charge is 0.335 e. The van der Waals surface area contributed by atoms with Crippen molar-refractivity contribution in [1.29, 1.82) is 0 Å². The summed E-state index contributed by atoms with van der Waals surface area (Å²) in [5.74, 6) is -0.00193. The molecule has 1 aromatic rings. The third kappa shape index (κ3) is 4.68. The van der Waals surface area contributed by atoms with Crippen LogP contribution in [0.4, 0.5) is 0 Å². The van der Waals surface area contributed by atoms with E-state index in [9.17, 15) is 13.2 Å². The summed E-state index contributed by atoms with van der Waals surface area (Å²) in [6, 6.07) is -0.633. The molecule has 2 saturated carbocycles. The maximum atomic E-state index is 14.0. The average Bonchev–Trinajstić information content (AvgIpc) is 3.09. The molecule has 0 spiro atoms. The lowest BCUT2D eigenvalue weighted by Crippen LogP contribution is -2.61. The molecule has 1 aromatic heterocycles. The number of aromatic nitrogens is 2. The lowest BCUT2D eigenvalue weighted by atomic mass is 9.87. The van der Waals surface area contributed by atoms with Gasteiger partial charge in [0.15, 0.2) is 0 Å². The summed E-state index contributed by atoms with van der Waals surface area (Å²) >= 11 is 0. The fourth-order valence-corrected chi connectivity index (χ4v) is 7.07. The van der Waals surface area contributed by atoms with Gasteiger partial charge in [-0.3, -0.25) is 9.48 Å². The van der Waals surface area contributed by atoms with Gasteiger partial charge in [0.1, 0.15) is 6.04 Å². The molecule has 4 rings (SSSR count). The molecule has 3 fully saturated rings. The zero-order valence-corrected chi connectivity index (χ0v) is 19.9. The topological polar surface area (TPSA) is 87.5 Å². The van der Waals surface area contributed by atoms with Crippen molar-refractivity contribution in [3.05, 3.63) is 17.5 Å². The monoisotopic (exact) mass is 451 g/mol. The maximum absolute atomic E-state index is 14.0. The molecule has 9 heteroatoms. The van der Waals surface area contributed by atoms with Gasteiger partial charge in [0.05, 0.1) is 11.7 Å². The molecule has 1 saturated heterocycles. The fraction of sp³-hybridized carbons (Fsp3) is 0.818. The third-order valence-corrected chi connectivity index (χ3v) is 9.07. The summed E-state index contributed by atoms with van der Waals surface area (Å²) in [4.78, 5) is 16.2. The van der Waals surface area contributed by atoms with Crippen LogP contribution in [0.25, 0.3) is 0 Å². The lowest BCUT2D eigenvalue weighted by molar-refractivity contribution is -0.142. The van der Waals surface area contributed by atoms with Crippen LogP contribution in [-0.2, 0) is 22.1 Å². The molecule has 0 radical (unpaired) electrons. The Kier molecular flexibility index (Phi) is 6.74. The minimum atomic E-state index is -3.76. The maximum Gasteiger partial charge on any atom is 0.280 e. The van der Waals surface area contributed by atoms with Gasteiger partial charge in [0, 0.05) is 37.9 Å². The summed E-state index contributed by atoms with van der Waals surface area (Å²) < 4.78 is 31.7. The number of likely N-dealkylation sites (N-methyl/N-ethyl adjacent to an activating group) is 1. The SMILES string of the molecule is Cc1nn(C)cc1[C@H]1C[C@@H](C(=O)N(C2CCCCC2)C2CCCCC2)N(C)S(=O)(=O)N1. The highest BCUT2D eigenvalue weighted by atomic mass is 32.2. The molecule has 1 N–H and O–H groups in total. The number of nitrogens with one attached hydrogen (secondary N) is 1. The summed E-state index contributed by atoms with van der Waals surface area (Å²) in [6.07, 6.45) is 13.5. The first kappa shape index (κ1) is 22.7. The minimum absolute atomic E-state index is 0.00193. The molecule has 0 aromatic carbocycles. The van der Waals surface area contributed by atoms with Crippen molar-refractivity contribution < 1.29 is 13.2 Å². The van der Waals surface area contributed by atoms with Gasteiger partial charge in [-0.15, -0.1) is 0 Å². The highest BCUT2D eigenvalue weighted by Gasteiger charge is 2.45. The van der Waals surface area contributed by atoms with Crippen LogP contribution in [0.5, 0.6) is 0 Å². The van der Waals surface area contributed by atoms with Crippen LogP contribution in [0.1, 0.15) is 87.9 Å². The van der Waals surface area contributed by atoms with Gasteiger partial charge >= 0.3 is 0 Å². The zero-order chi connectivity index (χ0) is 22.2. The van der Waals surface area contributed by atoms with E-state index in [0.29, 0.717) is 6.42 Å². The van der Waals surface area contributed by atoms with E-state index in [0.717, 1.165) is 62.6 Å². The first-order valence-electron chi connectivity index (χ1n) is 11.9. The highest BCUT2D eigenvalue weighted by molar-refractivity contribution is 7.87. The number of carbonyl (C=O) groups excluding carboxylic acids is 1. The quantitative estimate of drug-likeness (QED) is 0.763. The Hall–Kier alpha value is -1.45. The van der Waals surface area contributed by atoms with E-state index < -0.39 is 22.3 Å². The molecule has 0 unspecified atom stereocenters. The molecular formula is C22H37N5O3S. The van der Waals surface area contributed by atoms with Crippen molar-refractivity contribution in [1.82, 2.24) is 23.7 Å². The number of nitrogens with zero attached hydrogens (tertiary/aromatic N) is 4. The van der Waals surface area contributed by atoms with Crippen LogP contribution in [0.2, 0.25) is 0 Å². The first-order valence-corrected chi connectivity index (χ1v) is 13.3. The van der Waals surface area contributed by atoms with Gasteiger partial charge < -0.3 is 4.90 Å². The van der Waals surface area contributed by atoms with Gasteiger partial charge in [-0.2, -0.15) is 22.5 Å². The molecule has 2 atom stereocenters. The van der Waals surface area contributed by atoms with Crippen molar-refractivity contribution in [2.45, 2.75) is 102 Å². The normalized spacial score (nSPS) is 28.5. The van der Waals surface area contributed by atoms with Crippen molar-refractivity contribution in [2.24, 2.45) is 7.05 Å². The standard InChI is InChI=1S/C22H37N5O3S/c1-16-19(15-25(2)23-16)20-14-21(26(3)31(29,30)24-20)22(28)27(17-10-6-4-7-11-17)18-12-8-5-9-13-18/h15,17-18,20-21,24H,4-14H2,1-3H3/t20-,21+/m1/s1. The Morgan fingerprint density at radius 1 is 1.03 bits per heavy atom. The number of hydrogen-bond donors (Lipinski definition) is 1. The smallest absolute Gasteiger partial charge is 0.280 e. The number of rotatable bonds is 4. The second-order valence-electron chi connectivity index (χ2n) is 9.62. The molecule has 2 heterocycles. The van der Waals surface area contributed by atoms with E-state index >= 15 is 0 Å². The number of carbonyl (C=O) groups is 1. The number of hydrogen-bond acceptors (Lipinski definition) is 4. The molecule has 1 aliphatic heterocycles. The third-order valence-electron chi connectivity index (χ3n) is 7.47. The van der Waals surface area contributed by atoms with E-state index in [-0.39, 0.29) is 18.0 Å². The molecular weight excluding hydrogens is 414 g/mol. The summed E-state index contributed by atoms with van der Waals surface area (Å²) in [5.41, 5.74) is 1.64. The Morgan fingerprint density at radius 3 is 2.06 bits per heavy atom. The van der Waals surface area contributed by atoms with E-state index in [2.05, 4.69) is 14.7 Å². The Morgan fingerprint density at radius 2 is 1.58 bits per heavy atom. The van der Waals surface area contributed by atoms with Crippen molar-refractivity contribution >= 4 is 16.1 Å². The first-order chi connectivity index (χ1) is 14.8. The van der Waals surface area contributed by atoms with E-state index in [1.807, 2.05) is 20.2 Å². The van der Waals surface area contributed by atoms with Gasteiger partial charge in [-0.05, 0) is 39.0 Å². The van der Waals surface area contributed by atoms with Gasteiger partial charge in [0.25, 0.3) is 10.2 Å². The van der Waals surface area contributed by atoms with E-state index in [1.165, 1.54) is 24.2 Å². The second kappa shape index (κ2) is 9.19. The van der Waals surface area contributed by atoms with Gasteiger partial charge in [-0.25, -0.2) is 0 Å². The van der Waals surface area contributed by atoms with Crippen LogP contribution in [0.15, 0.2) is 6.20 Å². The molecule has 8 nitrogen and oxygen atoms in total. The predicted molar refractivity (Wildman–Crippen MR) is 120 cm³/mol. The second-order valence-corrected chi connectivity index (χ2v) is 11.4. The van der Waals surface area contributed by atoms with Crippen molar-refractivity contribution in [2.75, 3.05) is 7.05 Å². The summed E-state index contributed by atoms with van der Waals surface area (Å²) in [5, 5.41) is 4.38. The average molecular weight is 452 g/mol. The number of aryl methyl sites for hydroxylation is 2. The van der Waals surface area contributed by atoms with E-state index in [1.54, 1.807) is 4.68 Å². The van der Waals surface area contributed by atoms with Crippen LogP contribution >= 0.6 is 0 Å². The Labute approximate surface area is 186 Å². The Bertz CT molecular complexity index is 869. The fourth-order valence-electron chi connectivity index (χ4n) is 5.81. The van der Waals surface area contributed by atoms with Crippen LogP contribution in [0.3, 0.4) is 0 Å². The van der Waals surface area contributed by atoms with Crippen molar-refractivity contribution in [3.8, 4) is 0 Å². The van der Waals surface area contributed by atoms with Crippen LogP contribution < -0.4 is 4.72 Å². The summed E-state index contributed by atoms with van der Waals surface area (Å²) in [7, 11) is -0.388. The molecule has 3 aliphatic rings. The molecule has 174 valence electrons. The minimum Gasteiger partial charge on any atom is -0.335 e. The molecule has 1 amide bonds. The Balaban J connectivity index is 1.64. The van der Waals surface area contributed by atoms with Gasteiger partial charge in [-0.1, -0.05) is 38.5 Å². The molecule has 0 bridgehead atoms.